The minimum Gasteiger partial charge on any atom is -0.386 e. The predicted molar refractivity (Wildman–Crippen MR) is 76.8 cm³/mol. The van der Waals surface area contributed by atoms with E-state index >= 15 is 0 Å². The normalized spacial score (nSPS) is 25.3. The molecule has 120 valence electrons. The second-order valence-electron chi connectivity index (χ2n) is 6.01. The molecule has 0 spiro atoms. The number of nitrogens with zero attached hydrogens (tertiary/aromatic N) is 2. The maximum absolute atomic E-state index is 12.7. The molecule has 0 bridgehead atoms. The van der Waals surface area contributed by atoms with Crippen LogP contribution in [0.15, 0.2) is 10.7 Å². The Kier molecular flexibility index (Phi) is 5.03. The standard InChI is InChI=1S/C14H20BrF3N2O/c1-8(2)20-12(11(15)7-19-20)13(21)9-3-5-10(6-4-9)14(16,17)18/h7-10,13,21H,3-6H2,1-2H3. The summed E-state index contributed by atoms with van der Waals surface area (Å²) in [6.45, 7) is 3.91. The first-order chi connectivity index (χ1) is 9.71. The molecule has 0 saturated heterocycles. The smallest absolute Gasteiger partial charge is 0.386 e. The van der Waals surface area contributed by atoms with E-state index in [0.717, 1.165) is 0 Å². The molecule has 1 heterocycles. The van der Waals surface area contributed by atoms with Gasteiger partial charge in [0.25, 0.3) is 0 Å². The Morgan fingerprint density at radius 2 is 1.86 bits per heavy atom. The van der Waals surface area contributed by atoms with Gasteiger partial charge in [0.15, 0.2) is 0 Å². The summed E-state index contributed by atoms with van der Waals surface area (Å²) in [6, 6.07) is 0.0902. The van der Waals surface area contributed by atoms with Gasteiger partial charge in [0.2, 0.25) is 0 Å². The van der Waals surface area contributed by atoms with Crippen molar-refractivity contribution in [2.75, 3.05) is 0 Å². The van der Waals surface area contributed by atoms with E-state index in [4.69, 9.17) is 0 Å². The van der Waals surface area contributed by atoms with Gasteiger partial charge in [0.05, 0.1) is 28.4 Å². The van der Waals surface area contributed by atoms with Gasteiger partial charge < -0.3 is 5.11 Å². The maximum Gasteiger partial charge on any atom is 0.391 e. The number of hydrogen-bond acceptors (Lipinski definition) is 2. The van der Waals surface area contributed by atoms with Crippen LogP contribution in [0.5, 0.6) is 0 Å². The Morgan fingerprint density at radius 1 is 1.29 bits per heavy atom. The molecule has 1 aliphatic rings. The lowest BCUT2D eigenvalue weighted by molar-refractivity contribution is -0.186. The van der Waals surface area contributed by atoms with Crippen molar-refractivity contribution in [3.05, 3.63) is 16.4 Å². The van der Waals surface area contributed by atoms with E-state index in [1.165, 1.54) is 0 Å². The van der Waals surface area contributed by atoms with E-state index in [9.17, 15) is 18.3 Å². The Balaban J connectivity index is 2.09. The third-order valence-electron chi connectivity index (χ3n) is 4.24. The molecule has 1 saturated carbocycles. The van der Waals surface area contributed by atoms with Crippen molar-refractivity contribution in [2.45, 2.75) is 57.9 Å². The number of halogens is 4. The molecule has 0 radical (unpaired) electrons. The molecule has 0 amide bonds. The first-order valence-electron chi connectivity index (χ1n) is 7.19. The summed E-state index contributed by atoms with van der Waals surface area (Å²) < 4.78 is 40.5. The lowest BCUT2D eigenvalue weighted by atomic mass is 9.78. The number of rotatable bonds is 3. The molecule has 1 fully saturated rings. The third kappa shape index (κ3) is 3.62. The van der Waals surface area contributed by atoms with Gasteiger partial charge in [-0.3, -0.25) is 4.68 Å². The van der Waals surface area contributed by atoms with Crippen LogP contribution in [-0.2, 0) is 0 Å². The highest BCUT2D eigenvalue weighted by atomic mass is 79.9. The van der Waals surface area contributed by atoms with Crippen molar-refractivity contribution in [1.29, 1.82) is 0 Å². The number of aliphatic hydroxyl groups excluding tert-OH is 1. The molecule has 21 heavy (non-hydrogen) atoms. The molecular weight excluding hydrogens is 349 g/mol. The largest absolute Gasteiger partial charge is 0.391 e. The first kappa shape index (κ1) is 16.8. The highest BCUT2D eigenvalue weighted by Gasteiger charge is 2.43. The Morgan fingerprint density at radius 3 is 2.33 bits per heavy atom. The molecule has 0 aromatic carbocycles. The molecule has 3 nitrogen and oxygen atoms in total. The highest BCUT2D eigenvalue weighted by Crippen LogP contribution is 2.44. The van der Waals surface area contributed by atoms with E-state index in [2.05, 4.69) is 21.0 Å². The highest BCUT2D eigenvalue weighted by molar-refractivity contribution is 9.10. The molecule has 1 aromatic rings. The zero-order chi connectivity index (χ0) is 15.8. The van der Waals surface area contributed by atoms with Crippen molar-refractivity contribution in [3.8, 4) is 0 Å². The van der Waals surface area contributed by atoms with Gasteiger partial charge in [-0.1, -0.05) is 0 Å². The van der Waals surface area contributed by atoms with E-state index in [0.29, 0.717) is 23.0 Å². The van der Waals surface area contributed by atoms with Crippen LogP contribution >= 0.6 is 15.9 Å². The molecule has 1 N–H and O–H groups in total. The van der Waals surface area contributed by atoms with Gasteiger partial charge in [0.1, 0.15) is 0 Å². The van der Waals surface area contributed by atoms with Crippen LogP contribution in [0, 0.1) is 11.8 Å². The lowest BCUT2D eigenvalue weighted by Crippen LogP contribution is -2.30. The van der Waals surface area contributed by atoms with Crippen LogP contribution < -0.4 is 0 Å². The molecule has 1 aliphatic carbocycles. The van der Waals surface area contributed by atoms with Gasteiger partial charge in [-0.2, -0.15) is 18.3 Å². The Labute approximate surface area is 130 Å². The van der Waals surface area contributed by atoms with E-state index in [1.807, 2.05) is 13.8 Å². The van der Waals surface area contributed by atoms with Crippen molar-refractivity contribution in [2.24, 2.45) is 11.8 Å². The number of hydrogen-bond donors (Lipinski definition) is 1. The van der Waals surface area contributed by atoms with Gasteiger partial charge in [0, 0.05) is 6.04 Å². The molecule has 1 unspecified atom stereocenters. The summed E-state index contributed by atoms with van der Waals surface area (Å²) in [5.74, 6) is -1.37. The molecule has 2 rings (SSSR count). The average molecular weight is 369 g/mol. The summed E-state index contributed by atoms with van der Waals surface area (Å²) in [5, 5.41) is 14.8. The monoisotopic (exact) mass is 368 g/mol. The SMILES string of the molecule is CC(C)n1ncc(Br)c1C(O)C1CCC(C(F)(F)F)CC1. The van der Waals surface area contributed by atoms with Gasteiger partial charge in [-0.15, -0.1) is 0 Å². The Hall–Kier alpha value is -0.560. The van der Waals surface area contributed by atoms with Crippen molar-refractivity contribution >= 4 is 15.9 Å². The van der Waals surface area contributed by atoms with Crippen molar-refractivity contribution in [3.63, 3.8) is 0 Å². The van der Waals surface area contributed by atoms with Crippen LogP contribution in [0.4, 0.5) is 13.2 Å². The molecule has 0 aliphatic heterocycles. The van der Waals surface area contributed by atoms with E-state index < -0.39 is 18.2 Å². The Bertz CT molecular complexity index is 479. The number of alkyl halides is 3. The van der Waals surface area contributed by atoms with Crippen LogP contribution in [-0.4, -0.2) is 21.1 Å². The van der Waals surface area contributed by atoms with Crippen molar-refractivity contribution in [1.82, 2.24) is 9.78 Å². The summed E-state index contributed by atoms with van der Waals surface area (Å²) >= 11 is 3.37. The fourth-order valence-electron chi connectivity index (χ4n) is 3.02. The number of aliphatic hydroxyl groups is 1. The molecule has 1 aromatic heterocycles. The van der Waals surface area contributed by atoms with Gasteiger partial charge >= 0.3 is 6.18 Å². The second kappa shape index (κ2) is 6.28. The molecule has 1 atom stereocenters. The third-order valence-corrected chi connectivity index (χ3v) is 4.85. The predicted octanol–water partition coefficient (Wildman–Crippen LogP) is 4.63. The first-order valence-corrected chi connectivity index (χ1v) is 7.98. The lowest BCUT2D eigenvalue weighted by Gasteiger charge is -2.33. The summed E-state index contributed by atoms with van der Waals surface area (Å²) in [6.07, 6.45) is -2.30. The number of aromatic nitrogens is 2. The molecular formula is C14H20BrF3N2O. The minimum atomic E-state index is -4.11. The zero-order valence-electron chi connectivity index (χ0n) is 12.1. The van der Waals surface area contributed by atoms with Crippen LogP contribution in [0.25, 0.3) is 0 Å². The minimum absolute atomic E-state index is 0.0902. The summed E-state index contributed by atoms with van der Waals surface area (Å²) in [7, 11) is 0. The van der Waals surface area contributed by atoms with Crippen LogP contribution in [0.3, 0.4) is 0 Å². The average Bonchev–Trinajstić information content (AvgIpc) is 2.79. The fraction of sp³-hybridized carbons (Fsp3) is 0.786. The summed E-state index contributed by atoms with van der Waals surface area (Å²) in [4.78, 5) is 0. The quantitative estimate of drug-likeness (QED) is 0.844. The topological polar surface area (TPSA) is 38.0 Å². The van der Waals surface area contributed by atoms with Crippen LogP contribution in [0.1, 0.15) is 57.4 Å². The van der Waals surface area contributed by atoms with Crippen LogP contribution in [0.2, 0.25) is 0 Å². The van der Waals surface area contributed by atoms with Crippen molar-refractivity contribution < 1.29 is 18.3 Å². The summed E-state index contributed by atoms with van der Waals surface area (Å²) in [5.41, 5.74) is 0.667. The van der Waals surface area contributed by atoms with E-state index in [-0.39, 0.29) is 24.8 Å². The second-order valence-corrected chi connectivity index (χ2v) is 6.87. The van der Waals surface area contributed by atoms with Gasteiger partial charge in [-0.05, 0) is 61.4 Å². The molecule has 7 heteroatoms. The van der Waals surface area contributed by atoms with E-state index in [1.54, 1.807) is 10.9 Å². The zero-order valence-corrected chi connectivity index (χ0v) is 13.7. The maximum atomic E-state index is 12.7. The fourth-order valence-corrected chi connectivity index (χ4v) is 3.53. The van der Waals surface area contributed by atoms with Gasteiger partial charge in [-0.25, -0.2) is 0 Å².